The summed E-state index contributed by atoms with van der Waals surface area (Å²) in [5, 5.41) is 15.2. The van der Waals surface area contributed by atoms with E-state index in [9.17, 15) is 9.18 Å². The van der Waals surface area contributed by atoms with Gasteiger partial charge in [0.05, 0.1) is 17.9 Å². The molecule has 0 radical (unpaired) electrons. The molecular weight excluding hydrogens is 682 g/mol. The molecule has 0 bridgehead atoms. The number of amides is 2. The maximum absolute atomic E-state index is 13.7. The van der Waals surface area contributed by atoms with Gasteiger partial charge >= 0.3 is 6.03 Å². The number of carbonyl (C=O) groups excluding carboxylic acids is 1. The third kappa shape index (κ3) is 8.86. The van der Waals surface area contributed by atoms with Crippen LogP contribution in [0.25, 0.3) is 5.65 Å². The van der Waals surface area contributed by atoms with Gasteiger partial charge in [-0.1, -0.05) is 57.2 Å². The summed E-state index contributed by atoms with van der Waals surface area (Å²) in [6.07, 6.45) is 8.90. The summed E-state index contributed by atoms with van der Waals surface area (Å²) in [5.41, 5.74) is 11.4. The molecule has 1 aliphatic carbocycles. The summed E-state index contributed by atoms with van der Waals surface area (Å²) in [4.78, 5) is 23.2. The average molecular weight is 736 g/mol. The Balaban J connectivity index is 1.06. The fourth-order valence-electron chi connectivity index (χ4n) is 7.66. The second-order valence-electron chi connectivity index (χ2n) is 16.1. The lowest BCUT2D eigenvalue weighted by Gasteiger charge is -2.33. The summed E-state index contributed by atoms with van der Waals surface area (Å²) in [6, 6.07) is 19.8. The molecule has 0 spiro atoms. The molecule has 12 heteroatoms. The van der Waals surface area contributed by atoms with Crippen molar-refractivity contribution in [1.29, 1.82) is 0 Å². The van der Waals surface area contributed by atoms with Crippen LogP contribution in [0.5, 0.6) is 5.75 Å². The number of fused-ring (bicyclic) bond motifs is 2. The molecule has 3 aliphatic rings. The largest absolute Gasteiger partial charge is 0.484 e. The quantitative estimate of drug-likeness (QED) is 0.124. The van der Waals surface area contributed by atoms with E-state index in [1.807, 2.05) is 73.8 Å². The van der Waals surface area contributed by atoms with E-state index in [1.54, 1.807) is 6.08 Å². The van der Waals surface area contributed by atoms with E-state index < -0.39 is 6.17 Å². The summed E-state index contributed by atoms with van der Waals surface area (Å²) >= 11 is 0. The zero-order valence-electron chi connectivity index (χ0n) is 32.0. The molecule has 286 valence electrons. The van der Waals surface area contributed by atoms with Crippen molar-refractivity contribution in [3.8, 4) is 5.75 Å². The number of pyridine rings is 1. The van der Waals surface area contributed by atoms with Gasteiger partial charge in [0, 0.05) is 49.4 Å². The van der Waals surface area contributed by atoms with Crippen molar-refractivity contribution < 1.29 is 13.9 Å². The predicted molar refractivity (Wildman–Crippen MR) is 212 cm³/mol. The summed E-state index contributed by atoms with van der Waals surface area (Å²) in [6.45, 7) is 11.5. The van der Waals surface area contributed by atoms with Crippen LogP contribution >= 0.6 is 0 Å². The van der Waals surface area contributed by atoms with Gasteiger partial charge < -0.3 is 20.7 Å². The zero-order chi connectivity index (χ0) is 37.8. The van der Waals surface area contributed by atoms with Crippen molar-refractivity contribution in [2.75, 3.05) is 24.5 Å². The van der Waals surface area contributed by atoms with Gasteiger partial charge in [0.2, 0.25) is 5.95 Å². The lowest BCUT2D eigenvalue weighted by atomic mass is 9.85. The number of nitrogens with two attached hydrogens (primary N) is 1. The van der Waals surface area contributed by atoms with Gasteiger partial charge in [-0.25, -0.2) is 14.2 Å². The molecule has 2 aromatic heterocycles. The van der Waals surface area contributed by atoms with E-state index in [4.69, 9.17) is 15.5 Å². The molecule has 3 unspecified atom stereocenters. The summed E-state index contributed by atoms with van der Waals surface area (Å²) in [7, 11) is 0. The smallest absolute Gasteiger partial charge is 0.320 e. The minimum absolute atomic E-state index is 0.184. The maximum Gasteiger partial charge on any atom is 0.320 e. The molecule has 2 saturated heterocycles. The molecule has 0 saturated carbocycles. The van der Waals surface area contributed by atoms with Crippen LogP contribution in [0.15, 0.2) is 83.6 Å². The fraction of sp³-hybridized carbons (Fsp3) is 0.476. The standard InChI is InChI=1S/C42H54FN9O2/c1-28-10-7-8-21-51(28)41-49-48-39-18-15-32(27-52(39)41)54-36-17-16-35(33-13-5-6-14-34(33)36)46-40(53)47-38(25-37(44)42(2,3)4)45-31-12-9-11-29(24-31)26-50-22-19-30(43)20-23-50/h5-6,9,11-15,18,24-25,27-28,30,35-36H,7-8,10,16-17,19-23,26,44H2,1-4H3,(H2,45,46,47,53). The number of benzene rings is 2. The Morgan fingerprint density at radius 1 is 0.981 bits per heavy atom. The van der Waals surface area contributed by atoms with Crippen molar-refractivity contribution in [3.63, 3.8) is 0 Å². The molecule has 4 heterocycles. The van der Waals surface area contributed by atoms with Crippen molar-refractivity contribution in [2.45, 2.75) is 104 Å². The van der Waals surface area contributed by atoms with Crippen LogP contribution < -0.4 is 26.0 Å². The van der Waals surface area contributed by atoms with E-state index in [2.05, 4.69) is 55.8 Å². The average Bonchev–Trinajstić information content (AvgIpc) is 3.56. The second-order valence-corrected chi connectivity index (χ2v) is 16.1. The lowest BCUT2D eigenvalue weighted by molar-refractivity contribution is 0.145. The molecule has 2 amide bonds. The first-order valence-corrected chi connectivity index (χ1v) is 19.5. The zero-order valence-corrected chi connectivity index (χ0v) is 32.0. The molecule has 2 fully saturated rings. The van der Waals surface area contributed by atoms with Crippen molar-refractivity contribution in [2.24, 2.45) is 16.1 Å². The van der Waals surface area contributed by atoms with Crippen molar-refractivity contribution in [3.05, 3.63) is 95.3 Å². The van der Waals surface area contributed by atoms with Crippen molar-refractivity contribution >= 4 is 29.1 Å². The molecule has 2 aliphatic heterocycles. The number of hydrogen-bond donors (Lipinski definition) is 3. The Morgan fingerprint density at radius 3 is 2.56 bits per heavy atom. The molecule has 11 nitrogen and oxygen atoms in total. The fourth-order valence-corrected chi connectivity index (χ4v) is 7.66. The molecule has 4 aromatic rings. The van der Waals surface area contributed by atoms with Gasteiger partial charge in [-0.15, -0.1) is 10.2 Å². The number of nitrogens with zero attached hydrogens (tertiary/aromatic N) is 6. The second kappa shape index (κ2) is 16.2. The minimum Gasteiger partial charge on any atom is -0.484 e. The van der Waals surface area contributed by atoms with Gasteiger partial charge in [-0.2, -0.15) is 0 Å². The van der Waals surface area contributed by atoms with Crippen LogP contribution in [0.1, 0.15) is 101 Å². The Kier molecular flexibility index (Phi) is 11.2. The number of carbonyl (C=O) groups is 1. The number of hydrogen-bond acceptors (Lipinski definition) is 8. The lowest BCUT2D eigenvalue weighted by Crippen LogP contribution is -2.42. The highest BCUT2D eigenvalue weighted by Gasteiger charge is 2.30. The molecule has 7 rings (SSSR count). The Labute approximate surface area is 317 Å². The van der Waals surface area contributed by atoms with Gasteiger partial charge in [0.1, 0.15) is 23.9 Å². The maximum atomic E-state index is 13.7. The van der Waals surface area contributed by atoms with Gasteiger partial charge in [0.25, 0.3) is 0 Å². The molecule has 2 aromatic carbocycles. The highest BCUT2D eigenvalue weighted by molar-refractivity contribution is 6.05. The first-order valence-electron chi connectivity index (χ1n) is 19.5. The third-order valence-electron chi connectivity index (χ3n) is 10.9. The third-order valence-corrected chi connectivity index (χ3v) is 10.9. The number of halogens is 1. The van der Waals surface area contributed by atoms with Crippen LogP contribution in [0.4, 0.5) is 20.8 Å². The number of aromatic nitrogens is 3. The van der Waals surface area contributed by atoms with Gasteiger partial charge in [-0.05, 0) is 92.8 Å². The van der Waals surface area contributed by atoms with E-state index in [0.29, 0.717) is 48.9 Å². The number of ether oxygens (including phenoxy) is 1. The molecule has 4 N–H and O–H groups in total. The SMILES string of the molecule is CC1CCCCN1c1nnc2ccc(OC3CCC(NC(=O)NC(C=C(N)C(C)(C)C)=Nc4cccc(CN5CCC(F)CC5)c4)c4ccccc43)cn12. The highest BCUT2D eigenvalue weighted by Crippen LogP contribution is 2.39. The summed E-state index contributed by atoms with van der Waals surface area (Å²) < 4.78 is 22.4. The van der Waals surface area contributed by atoms with Crippen LogP contribution in [0.3, 0.4) is 0 Å². The molecule has 54 heavy (non-hydrogen) atoms. The predicted octanol–water partition coefficient (Wildman–Crippen LogP) is 7.92. The number of allylic oxidation sites excluding steroid dienone is 1. The number of aliphatic imine (C=N–C) groups is 1. The first-order chi connectivity index (χ1) is 26.0. The van der Waals surface area contributed by atoms with Gasteiger partial charge in [0.15, 0.2) is 5.65 Å². The van der Waals surface area contributed by atoms with Crippen LogP contribution in [-0.2, 0) is 6.54 Å². The van der Waals surface area contributed by atoms with Crippen LogP contribution in [0.2, 0.25) is 0 Å². The number of piperidine rings is 2. The highest BCUT2D eigenvalue weighted by atomic mass is 19.1. The van der Waals surface area contributed by atoms with Crippen molar-refractivity contribution in [1.82, 2.24) is 30.1 Å². The Hall–Kier alpha value is -4.97. The number of likely N-dealkylation sites (tertiary alicyclic amines) is 1. The minimum atomic E-state index is -0.710. The first kappa shape index (κ1) is 37.3. The van der Waals surface area contributed by atoms with E-state index in [0.717, 1.165) is 73.1 Å². The number of anilines is 1. The Morgan fingerprint density at radius 2 is 1.78 bits per heavy atom. The number of urea groups is 1. The van der Waals surface area contributed by atoms with E-state index in [-0.39, 0.29) is 23.6 Å². The number of nitrogens with one attached hydrogen (secondary N) is 2. The van der Waals surface area contributed by atoms with Crippen LogP contribution in [0, 0.1) is 5.41 Å². The summed E-state index contributed by atoms with van der Waals surface area (Å²) in [5.74, 6) is 1.95. The number of alkyl halides is 1. The normalized spacial score (nSPS) is 21.9. The van der Waals surface area contributed by atoms with Gasteiger partial charge in [-0.3, -0.25) is 14.6 Å². The Bertz CT molecular complexity index is 1990. The van der Waals surface area contributed by atoms with Crippen LogP contribution in [-0.4, -0.2) is 63.2 Å². The van der Waals surface area contributed by atoms with E-state index >= 15 is 0 Å². The molecular formula is C42H54FN9O2. The van der Waals surface area contributed by atoms with E-state index in [1.165, 1.54) is 6.42 Å². The number of rotatable bonds is 8. The number of amidine groups is 1. The molecule has 3 atom stereocenters. The topological polar surface area (TPSA) is 125 Å². The monoisotopic (exact) mass is 735 g/mol.